The molecule has 0 fully saturated rings. The van der Waals surface area contributed by atoms with Gasteiger partial charge in [-0.1, -0.05) is 29.8 Å². The molecule has 0 spiro atoms. The van der Waals surface area contributed by atoms with E-state index in [1.807, 2.05) is 0 Å². The van der Waals surface area contributed by atoms with Gasteiger partial charge in [0.05, 0.1) is 4.90 Å². The van der Waals surface area contributed by atoms with Gasteiger partial charge >= 0.3 is 11.8 Å². The van der Waals surface area contributed by atoms with Gasteiger partial charge in [0.25, 0.3) is 0 Å². The molecule has 132 valence electrons. The average Bonchev–Trinajstić information content (AvgIpc) is 2.55. The molecule has 7 nitrogen and oxygen atoms in total. The van der Waals surface area contributed by atoms with Crippen molar-refractivity contribution in [3.63, 3.8) is 0 Å². The summed E-state index contributed by atoms with van der Waals surface area (Å²) in [5.41, 5.74) is 1.83. The summed E-state index contributed by atoms with van der Waals surface area (Å²) < 4.78 is 22.3. The lowest BCUT2D eigenvalue weighted by molar-refractivity contribution is -0.136. The number of aryl methyl sites for hydroxylation is 1. The molecule has 0 bridgehead atoms. The molecule has 4 N–H and O–H groups in total. The van der Waals surface area contributed by atoms with E-state index in [1.54, 1.807) is 25.1 Å². The predicted octanol–water partition coefficient (Wildman–Crippen LogP) is 1.55. The highest BCUT2D eigenvalue weighted by atomic mass is 35.5. The highest BCUT2D eigenvalue weighted by Gasteiger charge is 2.15. The molecular formula is C16H16ClN3O4S. The molecule has 0 heterocycles. The molecule has 2 rings (SSSR count). The molecule has 9 heteroatoms. The van der Waals surface area contributed by atoms with Crippen molar-refractivity contribution in [1.82, 2.24) is 5.32 Å². The minimum Gasteiger partial charge on any atom is -0.344 e. The van der Waals surface area contributed by atoms with Crippen LogP contribution in [0.2, 0.25) is 5.02 Å². The van der Waals surface area contributed by atoms with Crippen molar-refractivity contribution >= 4 is 39.1 Å². The number of benzene rings is 2. The SMILES string of the molecule is Cc1ccc(Cl)cc1NC(=O)C(=O)NCc1ccc(S(N)(=O)=O)cc1. The molecule has 0 atom stereocenters. The van der Waals surface area contributed by atoms with Crippen molar-refractivity contribution in [3.05, 3.63) is 58.6 Å². The van der Waals surface area contributed by atoms with Gasteiger partial charge in [-0.05, 0) is 42.3 Å². The molecule has 0 saturated heterocycles. The molecule has 0 aromatic heterocycles. The van der Waals surface area contributed by atoms with Crippen molar-refractivity contribution in [3.8, 4) is 0 Å². The average molecular weight is 382 g/mol. The van der Waals surface area contributed by atoms with Crippen molar-refractivity contribution in [2.24, 2.45) is 5.14 Å². The number of amides is 2. The van der Waals surface area contributed by atoms with Crippen LogP contribution in [-0.2, 0) is 26.2 Å². The number of hydrogen-bond acceptors (Lipinski definition) is 4. The Balaban J connectivity index is 1.95. The molecule has 0 saturated carbocycles. The summed E-state index contributed by atoms with van der Waals surface area (Å²) in [5.74, 6) is -1.65. The summed E-state index contributed by atoms with van der Waals surface area (Å²) >= 11 is 5.86. The van der Waals surface area contributed by atoms with Crippen LogP contribution in [-0.4, -0.2) is 20.2 Å². The minimum absolute atomic E-state index is 0.0308. The maximum atomic E-state index is 11.9. The van der Waals surface area contributed by atoms with Crippen LogP contribution in [0, 0.1) is 6.92 Å². The van der Waals surface area contributed by atoms with E-state index >= 15 is 0 Å². The standard InChI is InChI=1S/C16H16ClN3O4S/c1-10-2-5-12(17)8-14(10)20-16(22)15(21)19-9-11-3-6-13(7-4-11)25(18,23)24/h2-8H,9H2,1H3,(H,19,21)(H,20,22)(H2,18,23,24). The summed E-state index contributed by atoms with van der Waals surface area (Å²) in [6.45, 7) is 1.84. The second kappa shape index (κ2) is 7.64. The van der Waals surface area contributed by atoms with Crippen LogP contribution in [0.4, 0.5) is 5.69 Å². The van der Waals surface area contributed by atoms with Gasteiger partial charge in [-0.25, -0.2) is 13.6 Å². The molecule has 2 aromatic rings. The Hall–Kier alpha value is -2.42. The number of carbonyl (C=O) groups excluding carboxylic acids is 2. The first-order valence-electron chi connectivity index (χ1n) is 7.14. The quantitative estimate of drug-likeness (QED) is 0.696. The molecule has 0 aliphatic heterocycles. The van der Waals surface area contributed by atoms with Crippen LogP contribution in [0.25, 0.3) is 0 Å². The van der Waals surface area contributed by atoms with Crippen LogP contribution < -0.4 is 15.8 Å². The zero-order chi connectivity index (χ0) is 18.6. The first-order valence-corrected chi connectivity index (χ1v) is 9.06. The van der Waals surface area contributed by atoms with Gasteiger partial charge in [0, 0.05) is 17.3 Å². The fourth-order valence-corrected chi connectivity index (χ4v) is 2.66. The maximum absolute atomic E-state index is 11.9. The van der Waals surface area contributed by atoms with Crippen molar-refractivity contribution in [1.29, 1.82) is 0 Å². The number of carbonyl (C=O) groups is 2. The van der Waals surface area contributed by atoms with Gasteiger partial charge in [-0.15, -0.1) is 0 Å². The Kier molecular flexibility index (Phi) is 5.78. The molecule has 0 radical (unpaired) electrons. The van der Waals surface area contributed by atoms with E-state index in [0.717, 1.165) is 5.56 Å². The largest absolute Gasteiger partial charge is 0.344 e. The molecule has 25 heavy (non-hydrogen) atoms. The van der Waals surface area contributed by atoms with Crippen molar-refractivity contribution in [2.45, 2.75) is 18.4 Å². The first kappa shape index (κ1) is 18.9. The smallest absolute Gasteiger partial charge is 0.313 e. The number of nitrogens with one attached hydrogen (secondary N) is 2. The van der Waals surface area contributed by atoms with E-state index in [9.17, 15) is 18.0 Å². The maximum Gasteiger partial charge on any atom is 0.313 e. The lowest BCUT2D eigenvalue weighted by Crippen LogP contribution is -2.35. The summed E-state index contributed by atoms with van der Waals surface area (Å²) in [6, 6.07) is 10.6. The van der Waals surface area contributed by atoms with E-state index in [4.69, 9.17) is 16.7 Å². The van der Waals surface area contributed by atoms with Crippen LogP contribution >= 0.6 is 11.6 Å². The van der Waals surface area contributed by atoms with Crippen LogP contribution in [0.5, 0.6) is 0 Å². The van der Waals surface area contributed by atoms with E-state index in [0.29, 0.717) is 16.3 Å². The third-order valence-corrected chi connectivity index (χ3v) is 4.52. The fourth-order valence-electron chi connectivity index (χ4n) is 1.97. The van der Waals surface area contributed by atoms with E-state index in [1.165, 1.54) is 24.3 Å². The fraction of sp³-hybridized carbons (Fsp3) is 0.125. The number of rotatable bonds is 4. The third kappa shape index (κ3) is 5.28. The number of sulfonamides is 1. The highest BCUT2D eigenvalue weighted by Crippen LogP contribution is 2.20. The number of anilines is 1. The normalized spacial score (nSPS) is 11.0. The van der Waals surface area contributed by atoms with E-state index < -0.39 is 21.8 Å². The van der Waals surface area contributed by atoms with E-state index in [2.05, 4.69) is 10.6 Å². The van der Waals surface area contributed by atoms with Crippen molar-refractivity contribution in [2.75, 3.05) is 5.32 Å². The molecule has 2 amide bonds. The molecule has 0 aliphatic carbocycles. The summed E-state index contributed by atoms with van der Waals surface area (Å²) in [5, 5.41) is 10.4. The molecular weight excluding hydrogens is 366 g/mol. The van der Waals surface area contributed by atoms with Gasteiger partial charge in [-0.3, -0.25) is 9.59 Å². The van der Waals surface area contributed by atoms with Gasteiger partial charge in [0.1, 0.15) is 0 Å². The number of nitrogens with two attached hydrogens (primary N) is 1. The molecule has 0 aliphatic rings. The van der Waals surface area contributed by atoms with Gasteiger partial charge < -0.3 is 10.6 Å². The topological polar surface area (TPSA) is 118 Å². The minimum atomic E-state index is -3.77. The van der Waals surface area contributed by atoms with Gasteiger partial charge in [0.2, 0.25) is 10.0 Å². The Morgan fingerprint density at radius 2 is 1.72 bits per heavy atom. The summed E-state index contributed by atoms with van der Waals surface area (Å²) in [7, 11) is -3.77. The number of halogens is 1. The summed E-state index contributed by atoms with van der Waals surface area (Å²) in [4.78, 5) is 23.8. The highest BCUT2D eigenvalue weighted by molar-refractivity contribution is 7.89. The Morgan fingerprint density at radius 1 is 1.08 bits per heavy atom. The second-order valence-corrected chi connectivity index (χ2v) is 7.28. The van der Waals surface area contributed by atoms with Crippen molar-refractivity contribution < 1.29 is 18.0 Å². The van der Waals surface area contributed by atoms with Crippen LogP contribution in [0.15, 0.2) is 47.4 Å². The second-order valence-electron chi connectivity index (χ2n) is 5.29. The van der Waals surface area contributed by atoms with Gasteiger partial charge in [-0.2, -0.15) is 0 Å². The zero-order valence-corrected chi connectivity index (χ0v) is 14.8. The molecule has 2 aromatic carbocycles. The van der Waals surface area contributed by atoms with E-state index in [-0.39, 0.29) is 11.4 Å². The summed E-state index contributed by atoms with van der Waals surface area (Å²) in [6.07, 6.45) is 0. The predicted molar refractivity (Wildman–Crippen MR) is 94.5 cm³/mol. The Labute approximate surface area is 150 Å². The van der Waals surface area contributed by atoms with Gasteiger partial charge in [0.15, 0.2) is 0 Å². The number of hydrogen-bond donors (Lipinski definition) is 3. The lowest BCUT2D eigenvalue weighted by Gasteiger charge is -2.09. The lowest BCUT2D eigenvalue weighted by atomic mass is 10.2. The number of primary sulfonamides is 1. The Morgan fingerprint density at radius 3 is 2.32 bits per heavy atom. The van der Waals surface area contributed by atoms with Crippen LogP contribution in [0.3, 0.4) is 0 Å². The van der Waals surface area contributed by atoms with Crippen LogP contribution in [0.1, 0.15) is 11.1 Å². The Bertz CT molecular complexity index is 911. The monoisotopic (exact) mass is 381 g/mol. The zero-order valence-electron chi connectivity index (χ0n) is 13.2. The first-order chi connectivity index (χ1) is 11.7. The molecule has 0 unspecified atom stereocenters. The third-order valence-electron chi connectivity index (χ3n) is 3.36.